The first-order chi connectivity index (χ1) is 5.40. The highest BCUT2D eigenvalue weighted by Gasteiger charge is 2.44. The van der Waals surface area contributed by atoms with Crippen molar-refractivity contribution in [3.8, 4) is 0 Å². The van der Waals surface area contributed by atoms with Crippen LogP contribution < -0.4 is 11.5 Å². The third-order valence-electron chi connectivity index (χ3n) is 2.65. The SMILES string of the molecule is CS(=O)(=O)C1CCCC1(N)CN. The molecule has 1 saturated carbocycles. The van der Waals surface area contributed by atoms with Gasteiger partial charge in [0.2, 0.25) is 0 Å². The fourth-order valence-electron chi connectivity index (χ4n) is 1.94. The Kier molecular flexibility index (Phi) is 2.47. The van der Waals surface area contributed by atoms with Crippen molar-refractivity contribution in [2.45, 2.75) is 30.1 Å². The predicted octanol–water partition coefficient (Wildman–Crippen LogP) is -0.760. The van der Waals surface area contributed by atoms with Crippen LogP contribution in [0.3, 0.4) is 0 Å². The maximum absolute atomic E-state index is 11.3. The number of hydrogen-bond acceptors (Lipinski definition) is 4. The zero-order chi connectivity index (χ0) is 9.41. The second kappa shape index (κ2) is 2.97. The molecule has 0 amide bonds. The molecule has 1 fully saturated rings. The summed E-state index contributed by atoms with van der Waals surface area (Å²) in [5, 5.41) is -0.435. The molecule has 0 aromatic heterocycles. The van der Waals surface area contributed by atoms with Gasteiger partial charge in [-0.05, 0) is 12.8 Å². The molecular formula is C7H16N2O2S. The Balaban J connectivity index is 2.92. The first kappa shape index (κ1) is 9.95. The van der Waals surface area contributed by atoms with E-state index in [0.717, 1.165) is 12.8 Å². The first-order valence-electron chi connectivity index (χ1n) is 4.08. The van der Waals surface area contributed by atoms with Gasteiger partial charge in [0.15, 0.2) is 9.84 Å². The van der Waals surface area contributed by atoms with Gasteiger partial charge in [-0.3, -0.25) is 0 Å². The molecule has 0 spiro atoms. The van der Waals surface area contributed by atoms with Gasteiger partial charge in [0, 0.05) is 18.3 Å². The maximum Gasteiger partial charge on any atom is 0.152 e. The molecule has 12 heavy (non-hydrogen) atoms. The number of rotatable bonds is 2. The molecule has 2 unspecified atom stereocenters. The molecule has 0 heterocycles. The van der Waals surface area contributed by atoms with Crippen molar-refractivity contribution in [2.24, 2.45) is 11.5 Å². The Morgan fingerprint density at radius 1 is 1.58 bits per heavy atom. The number of nitrogens with two attached hydrogens (primary N) is 2. The lowest BCUT2D eigenvalue weighted by atomic mass is 9.99. The monoisotopic (exact) mass is 192 g/mol. The lowest BCUT2D eigenvalue weighted by Crippen LogP contribution is -2.55. The zero-order valence-corrected chi connectivity index (χ0v) is 8.10. The highest BCUT2D eigenvalue weighted by atomic mass is 32.2. The normalized spacial score (nSPS) is 37.1. The average Bonchev–Trinajstić information content (AvgIpc) is 2.31. The van der Waals surface area contributed by atoms with Gasteiger partial charge in [-0.25, -0.2) is 8.42 Å². The van der Waals surface area contributed by atoms with Crippen LogP contribution in [-0.2, 0) is 9.84 Å². The van der Waals surface area contributed by atoms with Gasteiger partial charge in [0.05, 0.1) is 5.25 Å². The summed E-state index contributed by atoms with van der Waals surface area (Å²) in [7, 11) is -3.03. The van der Waals surface area contributed by atoms with E-state index in [2.05, 4.69) is 0 Å². The smallest absolute Gasteiger partial charge is 0.152 e. The van der Waals surface area contributed by atoms with Crippen molar-refractivity contribution in [3.63, 3.8) is 0 Å². The molecule has 0 bridgehead atoms. The van der Waals surface area contributed by atoms with Gasteiger partial charge in [-0.1, -0.05) is 6.42 Å². The summed E-state index contributed by atoms with van der Waals surface area (Å²) in [6.07, 6.45) is 3.49. The van der Waals surface area contributed by atoms with Crippen molar-refractivity contribution in [1.82, 2.24) is 0 Å². The van der Waals surface area contributed by atoms with Gasteiger partial charge in [-0.15, -0.1) is 0 Å². The van der Waals surface area contributed by atoms with E-state index >= 15 is 0 Å². The van der Waals surface area contributed by atoms with Gasteiger partial charge >= 0.3 is 0 Å². The maximum atomic E-state index is 11.3. The van der Waals surface area contributed by atoms with Crippen LogP contribution in [0.5, 0.6) is 0 Å². The number of hydrogen-bond donors (Lipinski definition) is 2. The summed E-state index contributed by atoms with van der Waals surface area (Å²) in [6.45, 7) is 0.255. The summed E-state index contributed by atoms with van der Waals surface area (Å²) >= 11 is 0. The first-order valence-corrected chi connectivity index (χ1v) is 6.03. The van der Waals surface area contributed by atoms with Crippen molar-refractivity contribution < 1.29 is 8.42 Å². The van der Waals surface area contributed by atoms with E-state index in [1.807, 2.05) is 0 Å². The molecule has 0 aromatic carbocycles. The van der Waals surface area contributed by atoms with Gasteiger partial charge in [0.25, 0.3) is 0 Å². The minimum atomic E-state index is -3.03. The summed E-state index contributed by atoms with van der Waals surface area (Å²) in [4.78, 5) is 0. The Hall–Kier alpha value is -0.130. The quantitative estimate of drug-likeness (QED) is 0.602. The van der Waals surface area contributed by atoms with Crippen LogP contribution in [0.15, 0.2) is 0 Å². The van der Waals surface area contributed by atoms with Gasteiger partial charge in [0.1, 0.15) is 0 Å². The molecule has 5 heteroatoms. The fourth-order valence-corrected chi connectivity index (χ4v) is 3.60. The lowest BCUT2D eigenvalue weighted by Gasteiger charge is -2.28. The van der Waals surface area contributed by atoms with Crippen LogP contribution in [0.25, 0.3) is 0 Å². The van der Waals surface area contributed by atoms with Crippen molar-refractivity contribution >= 4 is 9.84 Å². The minimum absolute atomic E-state index is 0.255. The molecule has 0 radical (unpaired) electrons. The van der Waals surface area contributed by atoms with Crippen LogP contribution in [0.2, 0.25) is 0 Å². The summed E-state index contributed by atoms with van der Waals surface area (Å²) in [5.74, 6) is 0. The molecule has 0 saturated heterocycles. The van der Waals surface area contributed by atoms with E-state index in [-0.39, 0.29) is 6.54 Å². The van der Waals surface area contributed by atoms with Crippen LogP contribution >= 0.6 is 0 Å². The zero-order valence-electron chi connectivity index (χ0n) is 7.29. The largest absolute Gasteiger partial charge is 0.329 e. The van der Waals surface area contributed by atoms with Gasteiger partial charge in [-0.2, -0.15) is 0 Å². The molecular weight excluding hydrogens is 176 g/mol. The molecule has 4 N–H and O–H groups in total. The summed E-state index contributed by atoms with van der Waals surface area (Å²) in [6, 6.07) is 0. The topological polar surface area (TPSA) is 86.2 Å². The third-order valence-corrected chi connectivity index (χ3v) is 4.39. The Labute approximate surface area is 73.2 Å². The lowest BCUT2D eigenvalue weighted by molar-refractivity contribution is 0.443. The summed E-state index contributed by atoms with van der Waals surface area (Å²) in [5.41, 5.74) is 10.7. The second-order valence-electron chi connectivity index (χ2n) is 3.65. The average molecular weight is 192 g/mol. The van der Waals surface area contributed by atoms with E-state index in [4.69, 9.17) is 11.5 Å². The Bertz CT molecular complexity index is 263. The van der Waals surface area contributed by atoms with E-state index < -0.39 is 20.6 Å². The number of sulfone groups is 1. The highest BCUT2D eigenvalue weighted by molar-refractivity contribution is 7.91. The minimum Gasteiger partial charge on any atom is -0.329 e. The molecule has 0 aromatic rings. The third kappa shape index (κ3) is 1.62. The van der Waals surface area contributed by atoms with E-state index in [9.17, 15) is 8.42 Å². The van der Waals surface area contributed by atoms with E-state index in [1.54, 1.807) is 0 Å². The molecule has 1 aliphatic carbocycles. The van der Waals surface area contributed by atoms with Gasteiger partial charge < -0.3 is 11.5 Å². The molecule has 1 aliphatic rings. The molecule has 72 valence electrons. The molecule has 0 aliphatic heterocycles. The van der Waals surface area contributed by atoms with Crippen LogP contribution in [-0.4, -0.2) is 32.0 Å². The molecule has 4 nitrogen and oxygen atoms in total. The molecule has 2 atom stereocenters. The standard InChI is InChI=1S/C7H16N2O2S/c1-12(10,11)6-3-2-4-7(6,9)5-8/h6H,2-5,8-9H2,1H3. The van der Waals surface area contributed by atoms with E-state index in [1.165, 1.54) is 6.26 Å². The van der Waals surface area contributed by atoms with Crippen LogP contribution in [0, 0.1) is 0 Å². The summed E-state index contributed by atoms with van der Waals surface area (Å²) < 4.78 is 22.5. The van der Waals surface area contributed by atoms with Crippen LogP contribution in [0.4, 0.5) is 0 Å². The van der Waals surface area contributed by atoms with Crippen LogP contribution in [0.1, 0.15) is 19.3 Å². The van der Waals surface area contributed by atoms with E-state index in [0.29, 0.717) is 6.42 Å². The highest BCUT2D eigenvalue weighted by Crippen LogP contribution is 2.31. The Morgan fingerprint density at radius 3 is 2.50 bits per heavy atom. The van der Waals surface area contributed by atoms with Crippen molar-refractivity contribution in [2.75, 3.05) is 12.8 Å². The fraction of sp³-hybridized carbons (Fsp3) is 1.00. The van der Waals surface area contributed by atoms with Crippen molar-refractivity contribution in [1.29, 1.82) is 0 Å². The molecule has 1 rings (SSSR count). The Morgan fingerprint density at radius 2 is 2.17 bits per heavy atom. The van der Waals surface area contributed by atoms with Crippen molar-refractivity contribution in [3.05, 3.63) is 0 Å². The predicted molar refractivity (Wildman–Crippen MR) is 48.5 cm³/mol. The second-order valence-corrected chi connectivity index (χ2v) is 5.88.